The predicted octanol–water partition coefficient (Wildman–Crippen LogP) is 5.44. The lowest BCUT2D eigenvalue weighted by atomic mass is 10.2. The summed E-state index contributed by atoms with van der Waals surface area (Å²) in [6.45, 7) is 6.44. The van der Waals surface area contributed by atoms with E-state index in [-0.39, 0.29) is 21.8 Å². The first-order valence-electron chi connectivity index (χ1n) is 10.0. The van der Waals surface area contributed by atoms with E-state index < -0.39 is 10.0 Å². The van der Waals surface area contributed by atoms with Crippen LogP contribution in [0.15, 0.2) is 56.5 Å². The van der Waals surface area contributed by atoms with E-state index in [1.807, 2.05) is 6.07 Å². The Morgan fingerprint density at radius 1 is 1.24 bits per heavy atom. The number of carbonyl (C=O) groups excluding carboxylic acids is 1. The summed E-state index contributed by atoms with van der Waals surface area (Å²) in [5, 5.41) is 0.0576. The molecule has 33 heavy (non-hydrogen) atoms. The average molecular weight is 527 g/mol. The van der Waals surface area contributed by atoms with Gasteiger partial charge in [-0.05, 0) is 54.1 Å². The highest BCUT2D eigenvalue weighted by atomic mass is 35.5. The maximum Gasteiger partial charge on any atom is 0.294 e. The minimum Gasteiger partial charge on any atom is -0.493 e. The number of ether oxygens (including phenoxy) is 2. The molecule has 7 nitrogen and oxygen atoms in total. The molecule has 1 saturated heterocycles. The zero-order valence-electron chi connectivity index (χ0n) is 18.1. The van der Waals surface area contributed by atoms with Gasteiger partial charge in [0, 0.05) is 6.54 Å². The van der Waals surface area contributed by atoms with Crippen molar-refractivity contribution in [2.24, 2.45) is 4.40 Å². The molecule has 176 valence electrons. The second-order valence-electron chi connectivity index (χ2n) is 6.83. The molecular weight excluding hydrogens is 504 g/mol. The van der Waals surface area contributed by atoms with Crippen LogP contribution in [0.4, 0.5) is 0 Å². The van der Waals surface area contributed by atoms with Gasteiger partial charge in [0.2, 0.25) is 0 Å². The number of hydrogen-bond donors (Lipinski definition) is 0. The first kappa shape index (κ1) is 25.4. The van der Waals surface area contributed by atoms with Crippen molar-refractivity contribution in [3.05, 3.63) is 57.8 Å². The van der Waals surface area contributed by atoms with Crippen molar-refractivity contribution in [3.63, 3.8) is 0 Å². The third kappa shape index (κ3) is 6.20. The van der Waals surface area contributed by atoms with Gasteiger partial charge in [-0.1, -0.05) is 37.1 Å². The summed E-state index contributed by atoms with van der Waals surface area (Å²) in [6, 6.07) is 8.23. The normalized spacial score (nSPS) is 16.6. The van der Waals surface area contributed by atoms with E-state index in [0.29, 0.717) is 32.9 Å². The Kier molecular flexibility index (Phi) is 8.63. The number of methoxy groups -OCH3 is 1. The Labute approximate surface area is 206 Å². The predicted molar refractivity (Wildman–Crippen MR) is 135 cm³/mol. The maximum atomic E-state index is 13.0. The zero-order chi connectivity index (χ0) is 24.0. The fourth-order valence-corrected chi connectivity index (χ4v) is 6.47. The molecule has 0 atom stereocenters. The number of benzene rings is 1. The number of unbranched alkanes of at least 4 members (excludes halogenated alkanes) is 1. The first-order valence-corrected chi connectivity index (χ1v) is 13.5. The molecule has 0 spiro atoms. The standard InChI is InChI=1S/C22H23ClN2O5S3/c1-4-6-12-30-16-8-7-15(13-17(16)29-3)14-18-21(26)25(11-5-2)22(31-18)24-33(27,28)20-10-9-19(23)32-20/h5,7-10,13-14H,2,4,6,11-12H2,1,3H3/b18-14-,24-22+. The third-order valence-corrected chi connectivity index (χ3v) is 8.53. The number of hydrogen-bond acceptors (Lipinski definition) is 7. The number of nitrogens with zero attached hydrogens (tertiary/aromatic N) is 2. The molecule has 11 heteroatoms. The lowest BCUT2D eigenvalue weighted by Crippen LogP contribution is -2.29. The Hall–Kier alpha value is -2.27. The molecule has 0 aliphatic carbocycles. The summed E-state index contributed by atoms with van der Waals surface area (Å²) < 4.78 is 40.8. The van der Waals surface area contributed by atoms with Gasteiger partial charge in [0.05, 0.1) is 23.0 Å². The number of amides is 1. The van der Waals surface area contributed by atoms with E-state index in [1.165, 1.54) is 23.1 Å². The summed E-state index contributed by atoms with van der Waals surface area (Å²) >= 11 is 7.75. The monoisotopic (exact) mass is 526 g/mol. The van der Waals surface area contributed by atoms with Crippen LogP contribution in [0.3, 0.4) is 0 Å². The van der Waals surface area contributed by atoms with Crippen LogP contribution in [-0.4, -0.2) is 44.7 Å². The molecule has 0 bridgehead atoms. The Morgan fingerprint density at radius 2 is 2.03 bits per heavy atom. The Balaban J connectivity index is 1.91. The van der Waals surface area contributed by atoms with Crippen molar-refractivity contribution < 1.29 is 22.7 Å². The van der Waals surface area contributed by atoms with Crippen molar-refractivity contribution in [2.75, 3.05) is 20.3 Å². The summed E-state index contributed by atoms with van der Waals surface area (Å²) in [5.41, 5.74) is 0.707. The topological polar surface area (TPSA) is 85.3 Å². The molecule has 2 aromatic rings. The number of thiophene rings is 1. The van der Waals surface area contributed by atoms with E-state index in [0.717, 1.165) is 35.9 Å². The first-order chi connectivity index (χ1) is 15.8. The van der Waals surface area contributed by atoms with Crippen molar-refractivity contribution in [1.29, 1.82) is 0 Å². The minimum atomic E-state index is -4.01. The van der Waals surface area contributed by atoms with Crippen LogP contribution in [0, 0.1) is 0 Å². The number of carbonyl (C=O) groups is 1. The summed E-state index contributed by atoms with van der Waals surface area (Å²) in [4.78, 5) is 14.6. The van der Waals surface area contributed by atoms with Gasteiger partial charge in [-0.2, -0.15) is 8.42 Å². The highest BCUT2D eigenvalue weighted by Gasteiger charge is 2.34. The van der Waals surface area contributed by atoms with Gasteiger partial charge in [-0.3, -0.25) is 9.69 Å². The fourth-order valence-electron chi connectivity index (χ4n) is 2.82. The number of halogens is 1. The molecule has 3 rings (SSSR count). The second-order valence-corrected chi connectivity index (χ2v) is 11.4. The molecule has 1 aromatic carbocycles. The lowest BCUT2D eigenvalue weighted by molar-refractivity contribution is -0.121. The smallest absolute Gasteiger partial charge is 0.294 e. The molecule has 2 heterocycles. The van der Waals surface area contributed by atoms with E-state index in [9.17, 15) is 13.2 Å². The Bertz CT molecular complexity index is 1200. The SMILES string of the molecule is C=CCN1C(=O)/C(=C/c2ccc(OCCCC)c(OC)c2)S/C1=N/S(=O)(=O)c1ccc(Cl)s1. The van der Waals surface area contributed by atoms with Gasteiger partial charge in [-0.15, -0.1) is 22.3 Å². The van der Waals surface area contributed by atoms with Crippen molar-refractivity contribution >= 4 is 61.9 Å². The Morgan fingerprint density at radius 3 is 2.67 bits per heavy atom. The van der Waals surface area contributed by atoms with E-state index in [4.69, 9.17) is 21.1 Å². The third-order valence-electron chi connectivity index (χ3n) is 4.44. The van der Waals surface area contributed by atoms with Crippen LogP contribution in [0.1, 0.15) is 25.3 Å². The van der Waals surface area contributed by atoms with E-state index in [1.54, 1.807) is 25.3 Å². The molecule has 0 N–H and O–H groups in total. The van der Waals surface area contributed by atoms with E-state index >= 15 is 0 Å². The quantitative estimate of drug-likeness (QED) is 0.233. The average Bonchev–Trinajstić information content (AvgIpc) is 3.34. The van der Waals surface area contributed by atoms with Crippen LogP contribution >= 0.6 is 34.7 Å². The molecule has 0 radical (unpaired) electrons. The van der Waals surface area contributed by atoms with Gasteiger partial charge < -0.3 is 9.47 Å². The molecule has 1 aliphatic rings. The molecule has 1 amide bonds. The maximum absolute atomic E-state index is 13.0. The van der Waals surface area contributed by atoms with E-state index in [2.05, 4.69) is 17.9 Å². The second kappa shape index (κ2) is 11.2. The number of rotatable bonds is 10. The number of thioether (sulfide) groups is 1. The summed E-state index contributed by atoms with van der Waals surface area (Å²) in [5.74, 6) is 0.805. The highest BCUT2D eigenvalue weighted by molar-refractivity contribution is 8.19. The molecule has 1 aliphatic heterocycles. The van der Waals surface area contributed by atoms with Gasteiger partial charge in [-0.25, -0.2) is 0 Å². The van der Waals surface area contributed by atoms with Crippen LogP contribution in [0.2, 0.25) is 4.34 Å². The van der Waals surface area contributed by atoms with Gasteiger partial charge in [0.15, 0.2) is 16.7 Å². The largest absolute Gasteiger partial charge is 0.493 e. The van der Waals surface area contributed by atoms with Crippen molar-refractivity contribution in [2.45, 2.75) is 24.0 Å². The number of sulfonamides is 1. The summed E-state index contributed by atoms with van der Waals surface area (Å²) in [7, 11) is -2.46. The fraction of sp³-hybridized carbons (Fsp3) is 0.273. The zero-order valence-corrected chi connectivity index (χ0v) is 21.3. The molecule has 1 aromatic heterocycles. The van der Waals surface area contributed by atoms with Crippen LogP contribution in [0.5, 0.6) is 11.5 Å². The van der Waals surface area contributed by atoms with Crippen LogP contribution in [0.25, 0.3) is 6.08 Å². The van der Waals surface area contributed by atoms with Gasteiger partial charge in [0.25, 0.3) is 15.9 Å². The molecular formula is C22H23ClN2O5S3. The number of amidine groups is 1. The highest BCUT2D eigenvalue weighted by Crippen LogP contribution is 2.36. The lowest BCUT2D eigenvalue weighted by Gasteiger charge is -2.12. The van der Waals surface area contributed by atoms with Gasteiger partial charge in [0.1, 0.15) is 4.21 Å². The molecule has 0 unspecified atom stereocenters. The summed E-state index contributed by atoms with van der Waals surface area (Å²) in [6.07, 6.45) is 5.13. The van der Waals surface area contributed by atoms with Crippen LogP contribution < -0.4 is 9.47 Å². The van der Waals surface area contributed by atoms with Crippen molar-refractivity contribution in [1.82, 2.24) is 4.90 Å². The minimum absolute atomic E-state index is 0.00688. The van der Waals surface area contributed by atoms with Crippen LogP contribution in [-0.2, 0) is 14.8 Å². The van der Waals surface area contributed by atoms with Gasteiger partial charge >= 0.3 is 0 Å². The molecule has 1 fully saturated rings. The van der Waals surface area contributed by atoms with Crippen molar-refractivity contribution in [3.8, 4) is 11.5 Å². The molecule has 0 saturated carbocycles.